The minimum Gasteiger partial charge on any atom is -0.321 e. The normalized spacial score (nSPS) is 11.3. The molecule has 0 aliphatic heterocycles. The molecule has 0 spiro atoms. The molecule has 2 heterocycles. The van der Waals surface area contributed by atoms with E-state index in [0.717, 1.165) is 16.7 Å². The molecule has 0 saturated heterocycles. The number of nitrogens with zero attached hydrogens (tertiary/aromatic N) is 3. The van der Waals surface area contributed by atoms with Crippen LogP contribution in [0.3, 0.4) is 0 Å². The zero-order valence-electron chi connectivity index (χ0n) is 13.0. The predicted octanol–water partition coefficient (Wildman–Crippen LogP) is 3.72. The lowest BCUT2D eigenvalue weighted by Crippen LogP contribution is -2.08. The van der Waals surface area contributed by atoms with E-state index in [1.54, 1.807) is 23.0 Å². The molecular weight excluding hydrogens is 331 g/mol. The van der Waals surface area contributed by atoms with Gasteiger partial charge in [0.15, 0.2) is 5.65 Å². The topological polar surface area (TPSA) is 59.8 Å². The molecule has 0 aliphatic rings. The molecular formula is C17H14ClFN4O. The second-order valence-electron chi connectivity index (χ2n) is 5.26. The summed E-state index contributed by atoms with van der Waals surface area (Å²) in [7, 11) is 1.81. The van der Waals surface area contributed by atoms with Crippen LogP contribution in [0.1, 0.15) is 11.3 Å². The Hall–Kier alpha value is -2.73. The number of carbonyl (C=O) groups excluding carboxylic acids is 1. The van der Waals surface area contributed by atoms with Crippen molar-refractivity contribution < 1.29 is 9.18 Å². The molecule has 0 aliphatic carbocycles. The van der Waals surface area contributed by atoms with Gasteiger partial charge in [-0.25, -0.2) is 9.37 Å². The number of anilines is 1. The fourth-order valence-electron chi connectivity index (χ4n) is 2.39. The number of amides is 1. The average molecular weight is 345 g/mol. The van der Waals surface area contributed by atoms with Crippen molar-refractivity contribution in [1.82, 2.24) is 14.8 Å². The lowest BCUT2D eigenvalue weighted by molar-refractivity contribution is -0.111. The Labute approximate surface area is 142 Å². The molecule has 3 aromatic rings. The third-order valence-electron chi connectivity index (χ3n) is 3.53. The van der Waals surface area contributed by atoms with Crippen LogP contribution in [0.4, 0.5) is 10.1 Å². The van der Waals surface area contributed by atoms with Crippen molar-refractivity contribution in [1.29, 1.82) is 0 Å². The number of rotatable bonds is 3. The summed E-state index contributed by atoms with van der Waals surface area (Å²) in [6, 6.07) is 6.15. The largest absolute Gasteiger partial charge is 0.321 e. The van der Waals surface area contributed by atoms with Gasteiger partial charge < -0.3 is 5.32 Å². The maximum Gasteiger partial charge on any atom is 0.248 e. The first-order valence-electron chi connectivity index (χ1n) is 7.18. The molecule has 0 fully saturated rings. The highest BCUT2D eigenvalue weighted by Gasteiger charge is 2.08. The van der Waals surface area contributed by atoms with E-state index in [1.165, 1.54) is 24.3 Å². The van der Waals surface area contributed by atoms with Crippen LogP contribution in [-0.2, 0) is 11.8 Å². The van der Waals surface area contributed by atoms with Gasteiger partial charge in [-0.05, 0) is 31.2 Å². The first kappa shape index (κ1) is 16.1. The Morgan fingerprint density at radius 2 is 2.21 bits per heavy atom. The van der Waals surface area contributed by atoms with Gasteiger partial charge in [-0.1, -0.05) is 17.7 Å². The number of aromatic nitrogens is 3. The van der Waals surface area contributed by atoms with E-state index in [0.29, 0.717) is 5.69 Å². The summed E-state index contributed by atoms with van der Waals surface area (Å²) < 4.78 is 15.3. The van der Waals surface area contributed by atoms with Gasteiger partial charge in [0.2, 0.25) is 5.91 Å². The van der Waals surface area contributed by atoms with Gasteiger partial charge in [0.1, 0.15) is 5.82 Å². The predicted molar refractivity (Wildman–Crippen MR) is 92.3 cm³/mol. The highest BCUT2D eigenvalue weighted by Crippen LogP contribution is 2.21. The summed E-state index contributed by atoms with van der Waals surface area (Å²) >= 11 is 5.92. The van der Waals surface area contributed by atoms with E-state index in [9.17, 15) is 9.18 Å². The molecule has 0 atom stereocenters. The van der Waals surface area contributed by atoms with Crippen molar-refractivity contribution in [3.63, 3.8) is 0 Å². The second kappa shape index (κ2) is 6.41. The molecule has 1 N–H and O–H groups in total. The highest BCUT2D eigenvalue weighted by molar-refractivity contribution is 6.32. The van der Waals surface area contributed by atoms with E-state index in [2.05, 4.69) is 15.4 Å². The Kier molecular flexibility index (Phi) is 4.31. The number of aryl methyl sites for hydroxylation is 2. The van der Waals surface area contributed by atoms with Crippen LogP contribution < -0.4 is 5.32 Å². The molecule has 1 amide bonds. The highest BCUT2D eigenvalue weighted by atomic mass is 35.5. The first-order chi connectivity index (χ1) is 11.5. The Bertz CT molecular complexity index is 944. The van der Waals surface area contributed by atoms with Crippen LogP contribution in [0.2, 0.25) is 5.02 Å². The lowest BCUT2D eigenvalue weighted by atomic mass is 10.2. The number of hydrogen-bond donors (Lipinski definition) is 1. The van der Waals surface area contributed by atoms with Crippen LogP contribution in [0, 0.1) is 12.7 Å². The van der Waals surface area contributed by atoms with Crippen molar-refractivity contribution in [2.24, 2.45) is 7.05 Å². The van der Waals surface area contributed by atoms with Gasteiger partial charge in [0.05, 0.1) is 22.6 Å². The third-order valence-corrected chi connectivity index (χ3v) is 3.86. The summed E-state index contributed by atoms with van der Waals surface area (Å²) in [4.78, 5) is 16.3. The molecule has 3 rings (SSSR count). The Balaban J connectivity index is 1.80. The quantitative estimate of drug-likeness (QED) is 0.737. The number of pyridine rings is 1. The summed E-state index contributed by atoms with van der Waals surface area (Å²) in [5, 5.41) is 8.07. The molecule has 2 aromatic heterocycles. The summed E-state index contributed by atoms with van der Waals surface area (Å²) in [6.45, 7) is 1.87. The monoisotopic (exact) mass is 344 g/mol. The van der Waals surface area contributed by atoms with Crippen molar-refractivity contribution in [3.05, 3.63) is 58.6 Å². The summed E-state index contributed by atoms with van der Waals surface area (Å²) in [6.07, 6.45) is 4.12. The molecule has 0 bridgehead atoms. The maximum atomic E-state index is 13.7. The van der Waals surface area contributed by atoms with Gasteiger partial charge in [0.25, 0.3) is 0 Å². The number of halogens is 2. The number of fused-ring (bicyclic) bond motifs is 1. The fourth-order valence-corrected chi connectivity index (χ4v) is 2.62. The zero-order valence-corrected chi connectivity index (χ0v) is 13.8. The zero-order chi connectivity index (χ0) is 17.3. The third kappa shape index (κ3) is 3.14. The smallest absolute Gasteiger partial charge is 0.248 e. The minimum atomic E-state index is -0.486. The molecule has 122 valence electrons. The van der Waals surface area contributed by atoms with Crippen LogP contribution in [0.25, 0.3) is 17.1 Å². The molecule has 0 saturated carbocycles. The number of benzene rings is 1. The van der Waals surface area contributed by atoms with Crippen molar-refractivity contribution in [2.75, 3.05) is 5.32 Å². The van der Waals surface area contributed by atoms with Gasteiger partial charge in [0, 0.05) is 24.1 Å². The van der Waals surface area contributed by atoms with Crippen LogP contribution in [0.15, 0.2) is 36.5 Å². The number of carbonyl (C=O) groups is 1. The second-order valence-corrected chi connectivity index (χ2v) is 5.67. The molecule has 7 heteroatoms. The number of nitrogens with one attached hydrogen (secondary N) is 1. The van der Waals surface area contributed by atoms with E-state index in [1.807, 2.05) is 14.0 Å². The van der Waals surface area contributed by atoms with E-state index >= 15 is 0 Å². The fraction of sp³-hybridized carbons (Fsp3) is 0.118. The molecule has 1 aromatic carbocycles. The first-order valence-corrected chi connectivity index (χ1v) is 7.56. The van der Waals surface area contributed by atoms with Crippen molar-refractivity contribution in [3.8, 4) is 0 Å². The van der Waals surface area contributed by atoms with Crippen molar-refractivity contribution in [2.45, 2.75) is 6.92 Å². The number of hydrogen-bond acceptors (Lipinski definition) is 3. The maximum absolute atomic E-state index is 13.7. The average Bonchev–Trinajstić information content (AvgIpc) is 2.81. The molecule has 5 nitrogen and oxygen atoms in total. The van der Waals surface area contributed by atoms with Crippen LogP contribution in [-0.4, -0.2) is 20.7 Å². The van der Waals surface area contributed by atoms with Crippen molar-refractivity contribution >= 4 is 40.3 Å². The summed E-state index contributed by atoms with van der Waals surface area (Å²) in [5.41, 5.74) is 2.27. The van der Waals surface area contributed by atoms with Crippen LogP contribution >= 0.6 is 11.6 Å². The summed E-state index contributed by atoms with van der Waals surface area (Å²) in [5.74, 6) is -0.891. The van der Waals surface area contributed by atoms with Gasteiger partial charge >= 0.3 is 0 Å². The van der Waals surface area contributed by atoms with E-state index in [-0.39, 0.29) is 10.6 Å². The Morgan fingerprint density at radius 1 is 1.42 bits per heavy atom. The van der Waals surface area contributed by atoms with E-state index < -0.39 is 11.7 Å². The lowest BCUT2D eigenvalue weighted by Gasteiger charge is -2.03. The van der Waals surface area contributed by atoms with Gasteiger partial charge in [-0.3, -0.25) is 9.48 Å². The molecule has 24 heavy (non-hydrogen) atoms. The van der Waals surface area contributed by atoms with E-state index in [4.69, 9.17) is 11.6 Å². The standard InChI is InChI=1S/C17H14ClFN4O/c1-10-13-8-11(9-20-17(13)23(2)22-10)21-16(24)7-6-12-14(18)4-3-5-15(12)19/h3-9H,1-2H3,(H,21,24)/b7-6+. The van der Waals surface area contributed by atoms with Gasteiger partial charge in [-0.15, -0.1) is 0 Å². The molecule has 0 unspecified atom stereocenters. The SMILES string of the molecule is Cc1nn(C)c2ncc(NC(=O)/C=C/c3c(F)cccc3Cl)cc12. The molecule has 0 radical (unpaired) electrons. The Morgan fingerprint density at radius 3 is 2.96 bits per heavy atom. The van der Waals surface area contributed by atoms with Crippen LogP contribution in [0.5, 0.6) is 0 Å². The van der Waals surface area contributed by atoms with Gasteiger partial charge in [-0.2, -0.15) is 5.10 Å². The minimum absolute atomic E-state index is 0.172.